The van der Waals surface area contributed by atoms with E-state index in [0.29, 0.717) is 25.9 Å². The Morgan fingerprint density at radius 3 is 2.22 bits per heavy atom. The molecule has 18 heavy (non-hydrogen) atoms. The predicted molar refractivity (Wildman–Crippen MR) is 67.6 cm³/mol. The van der Waals surface area contributed by atoms with Crippen molar-refractivity contribution in [3.8, 4) is 0 Å². The van der Waals surface area contributed by atoms with E-state index in [2.05, 4.69) is 0 Å². The number of nitrogens with zero attached hydrogens (tertiary/aromatic N) is 1. The van der Waals surface area contributed by atoms with Crippen LogP contribution in [-0.4, -0.2) is 35.6 Å². The van der Waals surface area contributed by atoms with E-state index in [-0.39, 0.29) is 17.6 Å². The maximum Gasteiger partial charge on any atom is 0.253 e. The van der Waals surface area contributed by atoms with Crippen LogP contribution in [0.2, 0.25) is 0 Å². The minimum Gasteiger partial charge on any atom is -0.330 e. The molecule has 5 heteroatoms. The smallest absolute Gasteiger partial charge is 0.253 e. The highest BCUT2D eigenvalue weighted by atomic mass is 16.2. The molecule has 100 valence electrons. The number of imide groups is 1. The fourth-order valence-corrected chi connectivity index (χ4v) is 1.84. The summed E-state index contributed by atoms with van der Waals surface area (Å²) < 4.78 is 0. The molecule has 0 fully saturated rings. The molecule has 0 aromatic heterocycles. The lowest BCUT2D eigenvalue weighted by molar-refractivity contribution is -0.136. The van der Waals surface area contributed by atoms with Gasteiger partial charge in [-0.3, -0.25) is 19.3 Å². The molecule has 0 aromatic rings. The monoisotopic (exact) mass is 252 g/mol. The quantitative estimate of drug-likeness (QED) is 0.485. The van der Waals surface area contributed by atoms with Gasteiger partial charge in [-0.05, 0) is 25.8 Å². The van der Waals surface area contributed by atoms with Crippen LogP contribution >= 0.6 is 0 Å². The summed E-state index contributed by atoms with van der Waals surface area (Å²) in [7, 11) is 0. The SMILES string of the molecule is NCCCC(=O)CCCCCN1C(=O)C=CC1=O. The number of amides is 2. The molecule has 0 saturated carbocycles. The Morgan fingerprint density at radius 1 is 1.00 bits per heavy atom. The molecule has 0 aliphatic carbocycles. The lowest BCUT2D eigenvalue weighted by Gasteiger charge is -2.12. The van der Waals surface area contributed by atoms with E-state index < -0.39 is 0 Å². The van der Waals surface area contributed by atoms with Crippen LogP contribution in [0.3, 0.4) is 0 Å². The first-order valence-corrected chi connectivity index (χ1v) is 6.40. The minimum atomic E-state index is -0.237. The molecule has 1 aliphatic rings. The van der Waals surface area contributed by atoms with Crippen molar-refractivity contribution in [2.24, 2.45) is 5.73 Å². The fraction of sp³-hybridized carbons (Fsp3) is 0.615. The maximum absolute atomic E-state index is 11.3. The van der Waals surface area contributed by atoms with Crippen molar-refractivity contribution in [3.63, 3.8) is 0 Å². The van der Waals surface area contributed by atoms with Crippen LogP contribution in [0.5, 0.6) is 0 Å². The van der Waals surface area contributed by atoms with Gasteiger partial charge >= 0.3 is 0 Å². The van der Waals surface area contributed by atoms with Crippen molar-refractivity contribution in [1.29, 1.82) is 0 Å². The molecule has 1 rings (SSSR count). The molecule has 5 nitrogen and oxygen atoms in total. The number of hydrogen-bond acceptors (Lipinski definition) is 4. The van der Waals surface area contributed by atoms with Crippen LogP contribution in [0.25, 0.3) is 0 Å². The summed E-state index contributed by atoms with van der Waals surface area (Å²) in [5.41, 5.74) is 5.32. The molecule has 0 aromatic carbocycles. The van der Waals surface area contributed by atoms with Crippen LogP contribution in [-0.2, 0) is 14.4 Å². The van der Waals surface area contributed by atoms with Gasteiger partial charge in [0.1, 0.15) is 5.78 Å². The number of ketones is 1. The molecule has 1 heterocycles. The maximum atomic E-state index is 11.3. The summed E-state index contributed by atoms with van der Waals surface area (Å²) in [6.07, 6.45) is 6.88. The highest BCUT2D eigenvalue weighted by molar-refractivity contribution is 6.12. The fourth-order valence-electron chi connectivity index (χ4n) is 1.84. The van der Waals surface area contributed by atoms with Crippen LogP contribution < -0.4 is 5.73 Å². The highest BCUT2D eigenvalue weighted by Crippen LogP contribution is 2.08. The average molecular weight is 252 g/mol. The van der Waals surface area contributed by atoms with Crippen molar-refractivity contribution in [2.75, 3.05) is 13.1 Å². The number of carbonyl (C=O) groups excluding carboxylic acids is 3. The zero-order valence-corrected chi connectivity index (χ0v) is 10.6. The van der Waals surface area contributed by atoms with Gasteiger partial charge in [-0.1, -0.05) is 6.42 Å². The molecule has 0 radical (unpaired) electrons. The lowest BCUT2D eigenvalue weighted by Crippen LogP contribution is -2.30. The third-order valence-electron chi connectivity index (χ3n) is 2.90. The van der Waals surface area contributed by atoms with E-state index in [1.807, 2.05) is 0 Å². The van der Waals surface area contributed by atoms with E-state index in [4.69, 9.17) is 5.73 Å². The Labute approximate surface area is 107 Å². The largest absolute Gasteiger partial charge is 0.330 e. The summed E-state index contributed by atoms with van der Waals surface area (Å²) in [6, 6.07) is 0. The predicted octanol–water partition coefficient (Wildman–Crippen LogP) is 0.780. The molecule has 1 aliphatic heterocycles. The van der Waals surface area contributed by atoms with Crippen LogP contribution in [0.15, 0.2) is 12.2 Å². The number of carbonyl (C=O) groups is 3. The molecule has 0 bridgehead atoms. The van der Waals surface area contributed by atoms with Gasteiger partial charge in [-0.2, -0.15) is 0 Å². The molecular weight excluding hydrogens is 232 g/mol. The Morgan fingerprint density at radius 2 is 1.61 bits per heavy atom. The summed E-state index contributed by atoms with van der Waals surface area (Å²) in [5, 5.41) is 0. The first kappa shape index (κ1) is 14.6. The molecule has 2 amide bonds. The van der Waals surface area contributed by atoms with Crippen LogP contribution in [0.4, 0.5) is 0 Å². The van der Waals surface area contributed by atoms with Crippen molar-refractivity contribution < 1.29 is 14.4 Å². The van der Waals surface area contributed by atoms with Crippen molar-refractivity contribution >= 4 is 17.6 Å². The highest BCUT2D eigenvalue weighted by Gasteiger charge is 2.22. The second kappa shape index (κ2) is 7.76. The first-order chi connectivity index (χ1) is 8.65. The van der Waals surface area contributed by atoms with Gasteiger partial charge in [0.05, 0.1) is 0 Å². The van der Waals surface area contributed by atoms with E-state index >= 15 is 0 Å². The second-order valence-electron chi connectivity index (χ2n) is 4.40. The number of Topliss-reactive ketones (excluding diaryl/α,β-unsaturated/α-hetero) is 1. The van der Waals surface area contributed by atoms with Crippen LogP contribution in [0, 0.1) is 0 Å². The molecular formula is C13H20N2O3. The second-order valence-corrected chi connectivity index (χ2v) is 4.40. The number of nitrogens with two attached hydrogens (primary N) is 1. The number of unbranched alkanes of at least 4 members (excludes halogenated alkanes) is 2. The van der Waals surface area contributed by atoms with E-state index in [1.165, 1.54) is 17.1 Å². The third kappa shape index (κ3) is 4.79. The van der Waals surface area contributed by atoms with E-state index in [0.717, 1.165) is 25.7 Å². The standard InChI is InChI=1S/C13H20N2O3/c14-9-4-6-11(16)5-2-1-3-10-15-12(17)7-8-13(15)18/h7-8H,1-6,9-10,14H2. The van der Waals surface area contributed by atoms with Gasteiger partial charge in [0.15, 0.2) is 0 Å². The van der Waals surface area contributed by atoms with Gasteiger partial charge in [-0.15, -0.1) is 0 Å². The average Bonchev–Trinajstić information content (AvgIpc) is 2.67. The van der Waals surface area contributed by atoms with Gasteiger partial charge in [-0.25, -0.2) is 0 Å². The Hall–Kier alpha value is -1.49. The van der Waals surface area contributed by atoms with Gasteiger partial charge < -0.3 is 5.73 Å². The first-order valence-electron chi connectivity index (χ1n) is 6.40. The Balaban J connectivity index is 2.04. The van der Waals surface area contributed by atoms with E-state index in [9.17, 15) is 14.4 Å². The number of rotatable bonds is 9. The molecule has 0 atom stereocenters. The van der Waals surface area contributed by atoms with Crippen molar-refractivity contribution in [1.82, 2.24) is 4.90 Å². The van der Waals surface area contributed by atoms with Crippen molar-refractivity contribution in [3.05, 3.63) is 12.2 Å². The lowest BCUT2D eigenvalue weighted by atomic mass is 10.1. The molecule has 0 spiro atoms. The zero-order valence-electron chi connectivity index (χ0n) is 10.6. The van der Waals surface area contributed by atoms with E-state index in [1.54, 1.807) is 0 Å². The molecule has 0 unspecified atom stereocenters. The summed E-state index contributed by atoms with van der Waals surface area (Å²) in [5.74, 6) is -0.228. The molecule has 0 saturated heterocycles. The van der Waals surface area contributed by atoms with Gasteiger partial charge in [0, 0.05) is 31.5 Å². The zero-order chi connectivity index (χ0) is 13.4. The number of hydrogen-bond donors (Lipinski definition) is 1. The Bertz CT molecular complexity index is 332. The minimum absolute atomic E-state index is 0.237. The normalized spacial score (nSPS) is 14.6. The summed E-state index contributed by atoms with van der Waals surface area (Å²) in [6.45, 7) is 1.000. The topological polar surface area (TPSA) is 80.5 Å². The van der Waals surface area contributed by atoms with Crippen LogP contribution in [0.1, 0.15) is 38.5 Å². The van der Waals surface area contributed by atoms with Crippen molar-refractivity contribution in [2.45, 2.75) is 38.5 Å². The molecule has 2 N–H and O–H groups in total. The summed E-state index contributed by atoms with van der Waals surface area (Å²) in [4.78, 5) is 35.0. The Kier molecular flexibility index (Phi) is 6.28. The van der Waals surface area contributed by atoms with Gasteiger partial charge in [0.25, 0.3) is 11.8 Å². The third-order valence-corrected chi connectivity index (χ3v) is 2.90. The summed E-state index contributed by atoms with van der Waals surface area (Å²) >= 11 is 0. The van der Waals surface area contributed by atoms with Gasteiger partial charge in [0.2, 0.25) is 0 Å².